The first-order valence-electron chi connectivity index (χ1n) is 9.40. The number of hydrogen-bond donors (Lipinski definition) is 1. The highest BCUT2D eigenvalue weighted by atomic mass is 32.2. The standard InChI is InChI=1S/C22H23NO6S/c1-13-5-7-17(8-6-13)30(26,27)23-10-9-20(24)28-18-11-14(2)12-19-21(18)15(3)16(4)22(25)29-19/h5-8,11-12,23H,9-10H2,1-4H3. The van der Waals surface area contributed by atoms with E-state index >= 15 is 0 Å². The number of carbonyl (C=O) groups is 1. The molecule has 0 aliphatic heterocycles. The second-order valence-electron chi connectivity index (χ2n) is 7.21. The van der Waals surface area contributed by atoms with Gasteiger partial charge in [-0.1, -0.05) is 17.7 Å². The Balaban J connectivity index is 1.74. The molecule has 0 bridgehead atoms. The number of nitrogens with one attached hydrogen (secondary N) is 1. The van der Waals surface area contributed by atoms with Gasteiger partial charge in [0, 0.05) is 12.1 Å². The van der Waals surface area contributed by atoms with Crippen molar-refractivity contribution in [3.05, 3.63) is 69.1 Å². The van der Waals surface area contributed by atoms with Gasteiger partial charge in [-0.25, -0.2) is 17.9 Å². The van der Waals surface area contributed by atoms with Gasteiger partial charge in [-0.05, 0) is 63.1 Å². The first kappa shape index (κ1) is 21.7. The van der Waals surface area contributed by atoms with E-state index in [4.69, 9.17) is 9.15 Å². The van der Waals surface area contributed by atoms with Gasteiger partial charge in [0.25, 0.3) is 0 Å². The summed E-state index contributed by atoms with van der Waals surface area (Å²) >= 11 is 0. The summed E-state index contributed by atoms with van der Waals surface area (Å²) in [6.45, 7) is 6.96. The highest BCUT2D eigenvalue weighted by molar-refractivity contribution is 7.89. The lowest BCUT2D eigenvalue weighted by Crippen LogP contribution is -2.27. The third kappa shape index (κ3) is 4.60. The molecule has 0 radical (unpaired) electrons. The zero-order chi connectivity index (χ0) is 22.1. The van der Waals surface area contributed by atoms with Gasteiger partial charge in [-0.2, -0.15) is 0 Å². The first-order valence-corrected chi connectivity index (χ1v) is 10.9. The Labute approximate surface area is 174 Å². The molecule has 0 saturated heterocycles. The summed E-state index contributed by atoms with van der Waals surface area (Å²) in [7, 11) is -3.71. The van der Waals surface area contributed by atoms with Gasteiger partial charge >= 0.3 is 11.6 Å². The minimum atomic E-state index is -3.71. The largest absolute Gasteiger partial charge is 0.426 e. The maximum absolute atomic E-state index is 12.3. The van der Waals surface area contributed by atoms with Crippen molar-refractivity contribution in [3.63, 3.8) is 0 Å². The third-order valence-electron chi connectivity index (χ3n) is 4.83. The molecule has 0 saturated carbocycles. The molecule has 1 heterocycles. The van der Waals surface area contributed by atoms with E-state index in [-0.39, 0.29) is 23.6 Å². The van der Waals surface area contributed by atoms with Crippen molar-refractivity contribution in [1.82, 2.24) is 4.72 Å². The van der Waals surface area contributed by atoms with Crippen LogP contribution in [0.3, 0.4) is 0 Å². The van der Waals surface area contributed by atoms with Gasteiger partial charge < -0.3 is 9.15 Å². The van der Waals surface area contributed by atoms with Gasteiger partial charge in [0.1, 0.15) is 11.3 Å². The van der Waals surface area contributed by atoms with E-state index in [0.29, 0.717) is 22.1 Å². The molecule has 0 aliphatic carbocycles. The van der Waals surface area contributed by atoms with Crippen LogP contribution in [0.5, 0.6) is 5.75 Å². The average molecular weight is 429 g/mol. The smallest absolute Gasteiger partial charge is 0.339 e. The van der Waals surface area contributed by atoms with E-state index in [2.05, 4.69) is 4.72 Å². The summed E-state index contributed by atoms with van der Waals surface area (Å²) in [5, 5.41) is 0.547. The lowest BCUT2D eigenvalue weighted by Gasteiger charge is -2.12. The molecule has 2 aromatic carbocycles. The lowest BCUT2D eigenvalue weighted by molar-refractivity contribution is -0.134. The number of sulfonamides is 1. The van der Waals surface area contributed by atoms with Crippen LogP contribution < -0.4 is 15.1 Å². The molecular formula is C22H23NO6S. The van der Waals surface area contributed by atoms with Crippen molar-refractivity contribution >= 4 is 27.0 Å². The van der Waals surface area contributed by atoms with Crippen molar-refractivity contribution in [2.45, 2.75) is 39.0 Å². The molecule has 0 aliphatic rings. The van der Waals surface area contributed by atoms with Gasteiger partial charge in [0.2, 0.25) is 10.0 Å². The Morgan fingerprint density at radius 1 is 1.00 bits per heavy atom. The highest BCUT2D eigenvalue weighted by Crippen LogP contribution is 2.31. The number of carbonyl (C=O) groups excluding carboxylic acids is 1. The van der Waals surface area contributed by atoms with Crippen molar-refractivity contribution in [3.8, 4) is 5.75 Å². The van der Waals surface area contributed by atoms with Crippen molar-refractivity contribution < 1.29 is 22.4 Å². The zero-order valence-corrected chi connectivity index (χ0v) is 18.1. The summed E-state index contributed by atoms with van der Waals surface area (Å²) in [6, 6.07) is 9.81. The van der Waals surface area contributed by atoms with Gasteiger partial charge in [-0.3, -0.25) is 4.79 Å². The molecule has 0 spiro atoms. The number of rotatable bonds is 6. The fraction of sp³-hybridized carbons (Fsp3) is 0.273. The molecule has 30 heavy (non-hydrogen) atoms. The minimum absolute atomic E-state index is 0.105. The Morgan fingerprint density at radius 2 is 1.67 bits per heavy atom. The van der Waals surface area contributed by atoms with Crippen LogP contribution >= 0.6 is 0 Å². The Kier molecular flexibility index (Phi) is 6.09. The fourth-order valence-corrected chi connectivity index (χ4v) is 4.06. The molecule has 3 aromatic rings. The number of esters is 1. The van der Waals surface area contributed by atoms with Crippen LogP contribution in [0, 0.1) is 27.7 Å². The molecule has 158 valence electrons. The zero-order valence-electron chi connectivity index (χ0n) is 17.2. The fourth-order valence-electron chi connectivity index (χ4n) is 3.03. The second-order valence-corrected chi connectivity index (χ2v) is 8.98. The van der Waals surface area contributed by atoms with E-state index in [0.717, 1.165) is 11.1 Å². The maximum Gasteiger partial charge on any atom is 0.339 e. The van der Waals surface area contributed by atoms with E-state index in [1.807, 2.05) is 6.92 Å². The number of hydrogen-bond acceptors (Lipinski definition) is 6. The Bertz CT molecular complexity index is 1270. The second kappa shape index (κ2) is 8.41. The molecular weight excluding hydrogens is 406 g/mol. The molecule has 0 fully saturated rings. The SMILES string of the molecule is Cc1ccc(S(=O)(=O)NCCC(=O)Oc2cc(C)cc3oc(=O)c(C)c(C)c23)cc1. The average Bonchev–Trinajstić information content (AvgIpc) is 2.66. The quantitative estimate of drug-likeness (QED) is 0.366. The van der Waals surface area contributed by atoms with Gasteiger partial charge in [0.15, 0.2) is 0 Å². The van der Waals surface area contributed by atoms with Crippen LogP contribution in [-0.2, 0) is 14.8 Å². The van der Waals surface area contributed by atoms with E-state index in [9.17, 15) is 18.0 Å². The van der Waals surface area contributed by atoms with Crippen LogP contribution in [0.2, 0.25) is 0 Å². The Hall–Kier alpha value is -2.97. The topological polar surface area (TPSA) is 103 Å². The number of aryl methyl sites for hydroxylation is 3. The monoisotopic (exact) mass is 429 g/mol. The number of ether oxygens (including phenoxy) is 1. The summed E-state index contributed by atoms with van der Waals surface area (Å²) in [5.74, 6) is -0.322. The van der Waals surface area contributed by atoms with Crippen molar-refractivity contribution in [2.75, 3.05) is 6.54 Å². The van der Waals surface area contributed by atoms with E-state index < -0.39 is 21.6 Å². The summed E-state index contributed by atoms with van der Waals surface area (Å²) < 4.78 is 37.8. The summed E-state index contributed by atoms with van der Waals surface area (Å²) in [4.78, 5) is 24.4. The van der Waals surface area contributed by atoms with Crippen LogP contribution in [-0.4, -0.2) is 20.9 Å². The maximum atomic E-state index is 12.3. The predicted octanol–water partition coefficient (Wildman–Crippen LogP) is 3.30. The molecule has 0 unspecified atom stereocenters. The summed E-state index contributed by atoms with van der Waals surface area (Å²) in [5.41, 5.74) is 2.72. The predicted molar refractivity (Wildman–Crippen MR) is 113 cm³/mol. The Morgan fingerprint density at radius 3 is 2.33 bits per heavy atom. The van der Waals surface area contributed by atoms with E-state index in [1.165, 1.54) is 12.1 Å². The van der Waals surface area contributed by atoms with Crippen LogP contribution in [0.1, 0.15) is 28.7 Å². The van der Waals surface area contributed by atoms with Crippen LogP contribution in [0.4, 0.5) is 0 Å². The van der Waals surface area contributed by atoms with Crippen LogP contribution in [0.15, 0.2) is 50.5 Å². The number of fused-ring (bicyclic) bond motifs is 1. The third-order valence-corrected chi connectivity index (χ3v) is 6.31. The first-order chi connectivity index (χ1) is 14.1. The number of benzene rings is 2. The molecule has 8 heteroatoms. The summed E-state index contributed by atoms with van der Waals surface area (Å²) in [6.07, 6.45) is -0.157. The van der Waals surface area contributed by atoms with Crippen molar-refractivity contribution in [1.29, 1.82) is 0 Å². The molecule has 1 aromatic heterocycles. The van der Waals surface area contributed by atoms with Crippen LogP contribution in [0.25, 0.3) is 11.0 Å². The minimum Gasteiger partial charge on any atom is -0.426 e. The molecule has 7 nitrogen and oxygen atoms in total. The van der Waals surface area contributed by atoms with Crippen molar-refractivity contribution in [2.24, 2.45) is 0 Å². The van der Waals surface area contributed by atoms with E-state index in [1.54, 1.807) is 45.0 Å². The van der Waals surface area contributed by atoms with Gasteiger partial charge in [-0.15, -0.1) is 0 Å². The normalized spacial score (nSPS) is 11.6. The molecule has 1 N–H and O–H groups in total. The lowest BCUT2D eigenvalue weighted by atomic mass is 10.0. The van der Waals surface area contributed by atoms with Gasteiger partial charge in [0.05, 0.1) is 16.7 Å². The highest BCUT2D eigenvalue weighted by Gasteiger charge is 2.17. The molecule has 0 amide bonds. The molecule has 0 atom stereocenters. The molecule has 3 rings (SSSR count).